The molecular weight excluding hydrogens is 422 g/mol. The van der Waals surface area contributed by atoms with Crippen molar-refractivity contribution >= 4 is 39.4 Å². The first kappa shape index (κ1) is 15.6. The molecule has 2 aromatic heterocycles. The fourth-order valence-corrected chi connectivity index (χ4v) is 2.56. The average Bonchev–Trinajstić information content (AvgIpc) is 2.82. The van der Waals surface area contributed by atoms with E-state index in [2.05, 4.69) is 27.6 Å². The Morgan fingerprint density at radius 3 is 2.43 bits per heavy atom. The Morgan fingerprint density at radius 2 is 1.87 bits per heavy atom. The maximum Gasteiger partial charge on any atom is 0.417 e. The molecule has 3 rings (SSSR count). The molecule has 0 aliphatic heterocycles. The molecule has 0 amide bonds. The smallest absolute Gasteiger partial charge is 0.417 e. The monoisotopic (exact) mass is 429 g/mol. The van der Waals surface area contributed by atoms with Crippen molar-refractivity contribution in [1.29, 1.82) is 5.26 Å². The van der Waals surface area contributed by atoms with Gasteiger partial charge in [-0.1, -0.05) is 12.1 Å². The van der Waals surface area contributed by atoms with Crippen molar-refractivity contribution in [2.45, 2.75) is 6.18 Å². The third kappa shape index (κ3) is 2.72. The minimum Gasteiger partial charge on any atom is -0.425 e. The SMILES string of the molecule is N#Cc1oc2nc(-c3ccc(I)cc3)cc(C(F)(F)F)c2c1N. The zero-order valence-electron chi connectivity index (χ0n) is 11.3. The molecule has 116 valence electrons. The van der Waals surface area contributed by atoms with E-state index < -0.39 is 11.7 Å². The lowest BCUT2D eigenvalue weighted by molar-refractivity contribution is -0.136. The van der Waals surface area contributed by atoms with E-state index in [4.69, 9.17) is 15.4 Å². The molecule has 0 radical (unpaired) electrons. The molecule has 0 atom stereocenters. The summed E-state index contributed by atoms with van der Waals surface area (Å²) < 4.78 is 46.1. The van der Waals surface area contributed by atoms with E-state index in [1.807, 2.05) is 0 Å². The minimum absolute atomic E-state index is 0.0967. The second kappa shape index (κ2) is 5.42. The summed E-state index contributed by atoms with van der Waals surface area (Å²) in [6.07, 6.45) is -4.65. The third-order valence-corrected chi connectivity index (χ3v) is 3.97. The summed E-state index contributed by atoms with van der Waals surface area (Å²) in [4.78, 5) is 4.08. The van der Waals surface area contributed by atoms with Crippen molar-refractivity contribution in [3.63, 3.8) is 0 Å². The van der Waals surface area contributed by atoms with Crippen LogP contribution in [0.15, 0.2) is 34.7 Å². The molecule has 0 aliphatic carbocycles. The summed E-state index contributed by atoms with van der Waals surface area (Å²) in [7, 11) is 0. The number of hydrogen-bond donors (Lipinski definition) is 1. The van der Waals surface area contributed by atoms with Crippen LogP contribution in [0.25, 0.3) is 22.4 Å². The van der Waals surface area contributed by atoms with Crippen LogP contribution in [0, 0.1) is 14.9 Å². The second-order valence-corrected chi connectivity index (χ2v) is 5.94. The number of benzene rings is 1. The van der Waals surface area contributed by atoms with Crippen LogP contribution < -0.4 is 5.73 Å². The highest BCUT2D eigenvalue weighted by Gasteiger charge is 2.36. The molecule has 4 nitrogen and oxygen atoms in total. The van der Waals surface area contributed by atoms with E-state index in [0.717, 1.165) is 9.64 Å². The molecule has 0 unspecified atom stereocenters. The van der Waals surface area contributed by atoms with E-state index >= 15 is 0 Å². The first-order chi connectivity index (χ1) is 10.8. The Labute approximate surface area is 141 Å². The van der Waals surface area contributed by atoms with Gasteiger partial charge >= 0.3 is 6.18 Å². The summed E-state index contributed by atoms with van der Waals surface area (Å²) in [5, 5.41) is 8.51. The number of rotatable bonds is 1. The number of nitrogen functional groups attached to an aromatic ring is 1. The Bertz CT molecular complexity index is 940. The molecule has 2 N–H and O–H groups in total. The molecule has 0 fully saturated rings. The number of anilines is 1. The zero-order chi connectivity index (χ0) is 16.8. The molecular formula is C15H7F3IN3O. The average molecular weight is 429 g/mol. The molecule has 23 heavy (non-hydrogen) atoms. The van der Waals surface area contributed by atoms with Crippen LogP contribution in [-0.2, 0) is 6.18 Å². The van der Waals surface area contributed by atoms with Crippen molar-refractivity contribution in [3.05, 3.63) is 45.2 Å². The number of halogens is 4. The first-order valence-electron chi connectivity index (χ1n) is 6.27. The van der Waals surface area contributed by atoms with Crippen LogP contribution in [0.4, 0.5) is 18.9 Å². The quantitative estimate of drug-likeness (QED) is 0.575. The number of nitrogens with zero attached hydrogens (tertiary/aromatic N) is 2. The van der Waals surface area contributed by atoms with Gasteiger partial charge in [0.25, 0.3) is 0 Å². The highest BCUT2D eigenvalue weighted by atomic mass is 127. The number of nitrogens with two attached hydrogens (primary N) is 1. The molecule has 8 heteroatoms. The lowest BCUT2D eigenvalue weighted by atomic mass is 10.1. The Kier molecular flexibility index (Phi) is 3.68. The van der Waals surface area contributed by atoms with Crippen LogP contribution >= 0.6 is 22.6 Å². The van der Waals surface area contributed by atoms with Crippen molar-refractivity contribution in [2.75, 3.05) is 5.73 Å². The predicted molar refractivity (Wildman–Crippen MR) is 86.3 cm³/mol. The standard InChI is InChI=1S/C15H7F3IN3O/c16-15(17,18)9-5-10(7-1-3-8(19)4-2-7)22-14-12(9)13(21)11(6-20)23-14/h1-5H,21H2. The highest BCUT2D eigenvalue weighted by molar-refractivity contribution is 14.1. The Balaban J connectivity index is 2.34. The lowest BCUT2D eigenvalue weighted by Gasteiger charge is -2.10. The molecule has 0 saturated carbocycles. The number of nitriles is 1. The van der Waals surface area contributed by atoms with Crippen LogP contribution in [-0.4, -0.2) is 4.98 Å². The molecule has 2 heterocycles. The van der Waals surface area contributed by atoms with Crippen LogP contribution in [0.3, 0.4) is 0 Å². The maximum absolute atomic E-state index is 13.4. The highest BCUT2D eigenvalue weighted by Crippen LogP contribution is 2.41. The van der Waals surface area contributed by atoms with E-state index in [1.54, 1.807) is 30.3 Å². The van der Waals surface area contributed by atoms with Gasteiger partial charge in [0, 0.05) is 9.13 Å². The number of aromatic nitrogens is 1. The summed E-state index contributed by atoms with van der Waals surface area (Å²) in [6.45, 7) is 0. The van der Waals surface area contributed by atoms with Crippen LogP contribution in [0.2, 0.25) is 0 Å². The normalized spacial score (nSPS) is 11.6. The van der Waals surface area contributed by atoms with Crippen molar-refractivity contribution in [3.8, 4) is 17.3 Å². The molecule has 3 aromatic rings. The lowest BCUT2D eigenvalue weighted by Crippen LogP contribution is -2.07. The van der Waals surface area contributed by atoms with Gasteiger partial charge in [0.1, 0.15) is 6.07 Å². The largest absolute Gasteiger partial charge is 0.425 e. The van der Waals surface area contributed by atoms with E-state index in [1.165, 1.54) is 0 Å². The molecule has 0 spiro atoms. The number of hydrogen-bond acceptors (Lipinski definition) is 4. The molecule has 0 aliphatic rings. The van der Waals surface area contributed by atoms with Gasteiger partial charge in [-0.2, -0.15) is 18.4 Å². The predicted octanol–water partition coefficient (Wildman–Crippen LogP) is 4.57. The van der Waals surface area contributed by atoms with Crippen molar-refractivity contribution in [1.82, 2.24) is 4.98 Å². The van der Waals surface area contributed by atoms with Gasteiger partial charge < -0.3 is 10.2 Å². The van der Waals surface area contributed by atoms with Crippen LogP contribution in [0.1, 0.15) is 11.3 Å². The van der Waals surface area contributed by atoms with Gasteiger partial charge in [0.05, 0.1) is 22.3 Å². The first-order valence-corrected chi connectivity index (χ1v) is 7.35. The van der Waals surface area contributed by atoms with Gasteiger partial charge in [0.15, 0.2) is 0 Å². The van der Waals surface area contributed by atoms with Crippen molar-refractivity contribution in [2.24, 2.45) is 0 Å². The van der Waals surface area contributed by atoms with Gasteiger partial charge in [-0.3, -0.25) is 0 Å². The number of fused-ring (bicyclic) bond motifs is 1. The summed E-state index contributed by atoms with van der Waals surface area (Å²) in [5.41, 5.74) is 4.57. The minimum atomic E-state index is -4.65. The number of pyridine rings is 1. The fourth-order valence-electron chi connectivity index (χ4n) is 2.20. The van der Waals surface area contributed by atoms with E-state index in [9.17, 15) is 13.2 Å². The topological polar surface area (TPSA) is 75.8 Å². The Morgan fingerprint density at radius 1 is 1.22 bits per heavy atom. The second-order valence-electron chi connectivity index (χ2n) is 4.70. The Hall–Kier alpha value is -2.28. The van der Waals surface area contributed by atoms with Crippen LogP contribution in [0.5, 0.6) is 0 Å². The molecule has 0 bridgehead atoms. The fraction of sp³-hybridized carbons (Fsp3) is 0.0667. The summed E-state index contributed by atoms with van der Waals surface area (Å²) in [6, 6.07) is 9.38. The third-order valence-electron chi connectivity index (χ3n) is 3.25. The van der Waals surface area contributed by atoms with E-state index in [0.29, 0.717) is 5.56 Å². The molecule has 0 saturated heterocycles. The summed E-state index contributed by atoms with van der Waals surface area (Å²) >= 11 is 2.09. The van der Waals surface area contributed by atoms with E-state index in [-0.39, 0.29) is 28.2 Å². The van der Waals surface area contributed by atoms with Gasteiger partial charge in [-0.05, 0) is 40.8 Å². The van der Waals surface area contributed by atoms with Crippen molar-refractivity contribution < 1.29 is 17.6 Å². The number of alkyl halides is 3. The summed E-state index contributed by atoms with van der Waals surface area (Å²) in [5.74, 6) is -0.377. The van der Waals surface area contributed by atoms with Gasteiger partial charge in [-0.15, -0.1) is 0 Å². The number of furan rings is 1. The molecule has 1 aromatic carbocycles. The van der Waals surface area contributed by atoms with Gasteiger partial charge in [0.2, 0.25) is 11.5 Å². The van der Waals surface area contributed by atoms with Gasteiger partial charge in [-0.25, -0.2) is 4.98 Å². The zero-order valence-corrected chi connectivity index (χ0v) is 13.4. The maximum atomic E-state index is 13.4.